The molecule has 0 saturated heterocycles. The van der Waals surface area contributed by atoms with E-state index < -0.39 is 11.4 Å². The summed E-state index contributed by atoms with van der Waals surface area (Å²) >= 11 is 4.53. The molecule has 0 spiro atoms. The third kappa shape index (κ3) is 8.47. The van der Waals surface area contributed by atoms with E-state index in [9.17, 15) is 4.55 Å². The van der Waals surface area contributed by atoms with Gasteiger partial charge in [0.15, 0.2) is 0 Å². The molecule has 2 nitrogen and oxygen atoms in total. The molecule has 0 rings (SSSR count). The number of hydrogen-bond acceptors (Lipinski definition) is 2. The summed E-state index contributed by atoms with van der Waals surface area (Å²) in [6.45, 7) is 5.97. The molecule has 0 aromatic heterocycles. The number of alkyl halides is 1. The van der Waals surface area contributed by atoms with E-state index in [1.807, 2.05) is 20.8 Å². The number of hydrogen-bond donors (Lipinski definition) is 1. The first-order valence-electron chi connectivity index (χ1n) is 3.68. The van der Waals surface area contributed by atoms with Crippen molar-refractivity contribution >= 4 is 23.0 Å². The summed E-state index contributed by atoms with van der Waals surface area (Å²) in [5.41, 5.74) is -0.0722. The van der Waals surface area contributed by atoms with Crippen LogP contribution in [0.5, 0.6) is 0 Å². The first-order valence-corrected chi connectivity index (χ1v) is 5.53. The van der Waals surface area contributed by atoms with E-state index in [4.69, 9.17) is 11.6 Å². The molecular formula is C7H16ClNOS. The van der Waals surface area contributed by atoms with E-state index in [1.165, 1.54) is 0 Å². The van der Waals surface area contributed by atoms with Gasteiger partial charge in [-0.2, -0.15) is 0 Å². The smallest absolute Gasteiger partial charge is 0.126 e. The van der Waals surface area contributed by atoms with Crippen molar-refractivity contribution in [3.8, 4) is 0 Å². The molecule has 1 unspecified atom stereocenters. The Bertz CT molecular complexity index is 105. The van der Waals surface area contributed by atoms with Crippen LogP contribution in [0.15, 0.2) is 0 Å². The fourth-order valence-electron chi connectivity index (χ4n) is 0.578. The van der Waals surface area contributed by atoms with E-state index in [2.05, 4.69) is 4.72 Å². The highest BCUT2D eigenvalue weighted by Crippen LogP contribution is 2.03. The molecular weight excluding hydrogens is 182 g/mol. The molecule has 1 atom stereocenters. The van der Waals surface area contributed by atoms with Crippen LogP contribution in [0.1, 0.15) is 27.2 Å². The Balaban J connectivity index is 3.44. The largest absolute Gasteiger partial charge is 0.598 e. The molecule has 1 N–H and O–H groups in total. The van der Waals surface area contributed by atoms with Crippen LogP contribution < -0.4 is 4.72 Å². The molecule has 0 aliphatic rings. The summed E-state index contributed by atoms with van der Waals surface area (Å²) in [4.78, 5) is 0. The molecule has 0 aliphatic carbocycles. The van der Waals surface area contributed by atoms with Gasteiger partial charge in [0, 0.05) is 23.7 Å². The zero-order valence-corrected chi connectivity index (χ0v) is 8.89. The molecule has 0 aromatic rings. The minimum absolute atomic E-state index is 0.0722. The fraction of sp³-hybridized carbons (Fsp3) is 1.00. The molecule has 0 fully saturated rings. The Kier molecular flexibility index (Phi) is 5.52. The lowest BCUT2D eigenvalue weighted by Gasteiger charge is -2.21. The molecule has 0 heterocycles. The van der Waals surface area contributed by atoms with Crippen LogP contribution in [0.3, 0.4) is 0 Å². The van der Waals surface area contributed by atoms with Crippen LogP contribution in [0, 0.1) is 0 Å². The standard InChI is InChI=1S/C7H16ClNOS/c1-7(2,3)9-11(10)6-4-5-8/h9H,4-6H2,1-3H3. The molecule has 0 aromatic carbocycles. The van der Waals surface area contributed by atoms with Gasteiger partial charge >= 0.3 is 0 Å². The van der Waals surface area contributed by atoms with Crippen molar-refractivity contribution in [3.05, 3.63) is 0 Å². The minimum Gasteiger partial charge on any atom is -0.598 e. The summed E-state index contributed by atoms with van der Waals surface area (Å²) in [6, 6.07) is 0. The molecule has 0 bridgehead atoms. The first kappa shape index (κ1) is 11.6. The Morgan fingerprint density at radius 1 is 1.45 bits per heavy atom. The third-order valence-corrected chi connectivity index (χ3v) is 2.65. The maximum atomic E-state index is 11.2. The molecule has 0 saturated carbocycles. The predicted molar refractivity (Wildman–Crippen MR) is 51.2 cm³/mol. The average Bonchev–Trinajstić information content (AvgIpc) is 1.79. The van der Waals surface area contributed by atoms with Crippen LogP contribution in [0.4, 0.5) is 0 Å². The van der Waals surface area contributed by atoms with Crippen molar-refractivity contribution in [2.75, 3.05) is 11.6 Å². The van der Waals surface area contributed by atoms with E-state index in [0.29, 0.717) is 11.6 Å². The number of rotatable bonds is 4. The van der Waals surface area contributed by atoms with Crippen molar-refractivity contribution in [1.82, 2.24) is 4.72 Å². The van der Waals surface area contributed by atoms with Crippen LogP contribution in [0.25, 0.3) is 0 Å². The van der Waals surface area contributed by atoms with Crippen molar-refractivity contribution in [2.24, 2.45) is 0 Å². The number of halogens is 1. The maximum absolute atomic E-state index is 11.2. The predicted octanol–water partition coefficient (Wildman–Crippen LogP) is 1.67. The number of nitrogens with one attached hydrogen (secondary N) is 1. The van der Waals surface area contributed by atoms with Crippen molar-refractivity contribution in [1.29, 1.82) is 0 Å². The molecule has 0 amide bonds. The van der Waals surface area contributed by atoms with E-state index in [0.717, 1.165) is 6.42 Å². The second-order valence-electron chi connectivity index (χ2n) is 3.44. The normalized spacial score (nSPS) is 15.0. The highest BCUT2D eigenvalue weighted by atomic mass is 35.5. The Morgan fingerprint density at radius 2 is 2.00 bits per heavy atom. The van der Waals surface area contributed by atoms with Gasteiger partial charge in [-0.3, -0.25) is 0 Å². The van der Waals surface area contributed by atoms with Gasteiger partial charge in [-0.05, 0) is 20.8 Å². The SMILES string of the molecule is CC(C)(C)N[S+]([O-])CCCCl. The lowest BCUT2D eigenvalue weighted by molar-refractivity contribution is 0.490. The summed E-state index contributed by atoms with van der Waals surface area (Å²) in [5.74, 6) is 1.22. The zero-order chi connectivity index (χ0) is 8.91. The molecule has 4 heteroatoms. The van der Waals surface area contributed by atoms with Gasteiger partial charge in [0.25, 0.3) is 0 Å². The van der Waals surface area contributed by atoms with Gasteiger partial charge < -0.3 is 4.55 Å². The Labute approximate surface area is 77.0 Å². The van der Waals surface area contributed by atoms with Crippen molar-refractivity contribution in [2.45, 2.75) is 32.7 Å². The van der Waals surface area contributed by atoms with Gasteiger partial charge in [-0.25, -0.2) is 0 Å². The lowest BCUT2D eigenvalue weighted by Crippen LogP contribution is -2.41. The van der Waals surface area contributed by atoms with E-state index in [1.54, 1.807) is 0 Å². The average molecular weight is 198 g/mol. The van der Waals surface area contributed by atoms with Gasteiger partial charge in [-0.15, -0.1) is 16.3 Å². The van der Waals surface area contributed by atoms with Gasteiger partial charge in [0.1, 0.15) is 5.75 Å². The van der Waals surface area contributed by atoms with Crippen molar-refractivity contribution in [3.63, 3.8) is 0 Å². The Morgan fingerprint density at radius 3 is 2.36 bits per heavy atom. The highest BCUT2D eigenvalue weighted by molar-refractivity contribution is 7.89. The second kappa shape index (κ2) is 5.25. The summed E-state index contributed by atoms with van der Waals surface area (Å²) < 4.78 is 14.1. The van der Waals surface area contributed by atoms with Crippen LogP contribution in [-0.2, 0) is 11.4 Å². The van der Waals surface area contributed by atoms with Gasteiger partial charge in [0.05, 0.1) is 5.54 Å². The first-order chi connectivity index (χ1) is 4.95. The zero-order valence-electron chi connectivity index (χ0n) is 7.32. The maximum Gasteiger partial charge on any atom is 0.126 e. The molecule has 0 radical (unpaired) electrons. The quantitative estimate of drug-likeness (QED) is 0.550. The second-order valence-corrected chi connectivity index (χ2v) is 5.13. The Hall–Kier alpha value is 0.560. The van der Waals surface area contributed by atoms with Gasteiger partial charge in [0.2, 0.25) is 0 Å². The summed E-state index contributed by atoms with van der Waals surface area (Å²) in [5, 5.41) is 0. The topological polar surface area (TPSA) is 35.1 Å². The van der Waals surface area contributed by atoms with Crippen molar-refractivity contribution < 1.29 is 4.55 Å². The molecule has 0 aliphatic heterocycles. The minimum atomic E-state index is -0.924. The highest BCUT2D eigenvalue weighted by Gasteiger charge is 2.17. The van der Waals surface area contributed by atoms with Crippen LogP contribution in [0.2, 0.25) is 0 Å². The summed E-state index contributed by atoms with van der Waals surface area (Å²) in [7, 11) is 0. The van der Waals surface area contributed by atoms with E-state index in [-0.39, 0.29) is 5.54 Å². The van der Waals surface area contributed by atoms with Crippen LogP contribution in [-0.4, -0.2) is 21.7 Å². The summed E-state index contributed by atoms with van der Waals surface area (Å²) in [6.07, 6.45) is 0.803. The monoisotopic (exact) mass is 197 g/mol. The van der Waals surface area contributed by atoms with E-state index >= 15 is 0 Å². The molecule has 11 heavy (non-hydrogen) atoms. The van der Waals surface area contributed by atoms with Gasteiger partial charge in [-0.1, -0.05) is 0 Å². The molecule has 68 valence electrons. The third-order valence-electron chi connectivity index (χ3n) is 0.883. The fourth-order valence-corrected chi connectivity index (χ4v) is 2.06. The lowest BCUT2D eigenvalue weighted by atomic mass is 10.1. The van der Waals surface area contributed by atoms with Crippen LogP contribution >= 0.6 is 11.6 Å².